The largest absolute Gasteiger partial charge is 0.317 e. The Morgan fingerprint density at radius 2 is 2.08 bits per heavy atom. The van der Waals surface area contributed by atoms with E-state index >= 15 is 0 Å². The number of halogens is 2. The van der Waals surface area contributed by atoms with Crippen LogP contribution in [-0.4, -0.2) is 6.54 Å². The van der Waals surface area contributed by atoms with E-state index in [1.165, 1.54) is 12.1 Å². The van der Waals surface area contributed by atoms with E-state index in [2.05, 4.69) is 4.85 Å². The summed E-state index contributed by atoms with van der Waals surface area (Å²) in [7, 11) is 0. The highest BCUT2D eigenvalue weighted by Crippen LogP contribution is 2.11. The van der Waals surface area contributed by atoms with Crippen LogP contribution < -0.4 is 0 Å². The smallest absolute Gasteiger partial charge is 0.218 e. The molecule has 0 amide bonds. The van der Waals surface area contributed by atoms with Gasteiger partial charge in [0, 0.05) is 6.42 Å². The molecule has 0 aromatic heterocycles. The van der Waals surface area contributed by atoms with Crippen LogP contribution in [0.3, 0.4) is 0 Å². The molecule has 0 radical (unpaired) electrons. The van der Waals surface area contributed by atoms with Gasteiger partial charge in [-0.3, -0.25) is 0 Å². The van der Waals surface area contributed by atoms with Gasteiger partial charge in [0.05, 0.1) is 0 Å². The summed E-state index contributed by atoms with van der Waals surface area (Å²) in [5.41, 5.74) is 0.269. The van der Waals surface area contributed by atoms with Crippen molar-refractivity contribution in [2.24, 2.45) is 0 Å². The lowest BCUT2D eigenvalue weighted by Crippen LogP contribution is -1.95. The van der Waals surface area contributed by atoms with Gasteiger partial charge >= 0.3 is 0 Å². The van der Waals surface area contributed by atoms with Crippen molar-refractivity contribution in [3.05, 3.63) is 46.8 Å². The molecule has 1 nitrogen and oxygen atoms in total. The van der Waals surface area contributed by atoms with E-state index in [1.54, 1.807) is 0 Å². The summed E-state index contributed by atoms with van der Waals surface area (Å²) >= 11 is 0. The fourth-order valence-electron chi connectivity index (χ4n) is 0.918. The molecule has 0 spiro atoms. The fourth-order valence-corrected chi connectivity index (χ4v) is 0.918. The van der Waals surface area contributed by atoms with Gasteiger partial charge in [-0.25, -0.2) is 15.4 Å². The topological polar surface area (TPSA) is 4.36 Å². The first-order valence-corrected chi connectivity index (χ1v) is 3.52. The van der Waals surface area contributed by atoms with E-state index in [9.17, 15) is 8.78 Å². The number of hydrogen-bond acceptors (Lipinski definition) is 0. The molecule has 12 heavy (non-hydrogen) atoms. The Kier molecular flexibility index (Phi) is 2.76. The van der Waals surface area contributed by atoms with Crippen molar-refractivity contribution in [2.45, 2.75) is 6.42 Å². The van der Waals surface area contributed by atoms with Gasteiger partial charge in [-0.1, -0.05) is 12.1 Å². The van der Waals surface area contributed by atoms with Crippen molar-refractivity contribution in [3.63, 3.8) is 0 Å². The van der Waals surface area contributed by atoms with Crippen LogP contribution in [0.2, 0.25) is 0 Å². The molecule has 1 rings (SSSR count). The fraction of sp³-hybridized carbons (Fsp3) is 0.222. The molecule has 0 saturated heterocycles. The zero-order valence-electron chi connectivity index (χ0n) is 6.35. The molecule has 1 aromatic carbocycles. The van der Waals surface area contributed by atoms with Crippen molar-refractivity contribution in [1.82, 2.24) is 0 Å². The first-order chi connectivity index (χ1) is 5.75. The van der Waals surface area contributed by atoms with E-state index < -0.39 is 11.6 Å². The van der Waals surface area contributed by atoms with E-state index in [1.807, 2.05) is 0 Å². The lowest BCUT2D eigenvalue weighted by Gasteiger charge is -1.98. The lowest BCUT2D eigenvalue weighted by atomic mass is 10.1. The van der Waals surface area contributed by atoms with Crippen molar-refractivity contribution in [1.29, 1.82) is 0 Å². The van der Waals surface area contributed by atoms with Gasteiger partial charge in [-0.15, -0.1) is 0 Å². The minimum Gasteiger partial charge on any atom is -0.317 e. The Balaban J connectivity index is 2.86. The van der Waals surface area contributed by atoms with Crippen LogP contribution >= 0.6 is 0 Å². The maximum atomic E-state index is 12.8. The second-order valence-electron chi connectivity index (χ2n) is 2.34. The van der Waals surface area contributed by atoms with Crippen LogP contribution in [0.4, 0.5) is 8.78 Å². The Bertz CT molecular complexity index is 315. The summed E-state index contributed by atoms with van der Waals surface area (Å²) in [5, 5.41) is 0. The summed E-state index contributed by atoms with van der Waals surface area (Å²) in [6, 6.07) is 4.00. The van der Waals surface area contributed by atoms with Crippen LogP contribution in [-0.2, 0) is 6.42 Å². The van der Waals surface area contributed by atoms with Gasteiger partial charge in [0.25, 0.3) is 0 Å². The highest BCUT2D eigenvalue weighted by Gasteiger charge is 2.07. The minimum absolute atomic E-state index is 0.195. The molecule has 3 heteroatoms. The second kappa shape index (κ2) is 3.82. The third-order valence-electron chi connectivity index (χ3n) is 1.52. The van der Waals surface area contributed by atoms with Crippen LogP contribution in [0.15, 0.2) is 18.2 Å². The Morgan fingerprint density at radius 1 is 1.33 bits per heavy atom. The van der Waals surface area contributed by atoms with Gasteiger partial charge < -0.3 is 4.85 Å². The van der Waals surface area contributed by atoms with Crippen molar-refractivity contribution >= 4 is 0 Å². The molecular formula is C9H7F2N. The number of hydrogen-bond donors (Lipinski definition) is 0. The quantitative estimate of drug-likeness (QED) is 0.596. The van der Waals surface area contributed by atoms with Gasteiger partial charge in [-0.2, -0.15) is 0 Å². The Morgan fingerprint density at radius 3 is 2.75 bits per heavy atom. The van der Waals surface area contributed by atoms with Crippen LogP contribution in [0.25, 0.3) is 4.85 Å². The predicted octanol–water partition coefficient (Wildman–Crippen LogP) is 2.43. The van der Waals surface area contributed by atoms with Crippen LogP contribution in [0.1, 0.15) is 5.56 Å². The van der Waals surface area contributed by atoms with Crippen LogP contribution in [0.5, 0.6) is 0 Å². The minimum atomic E-state index is -0.850. The van der Waals surface area contributed by atoms with Crippen LogP contribution in [0, 0.1) is 18.2 Å². The summed E-state index contributed by atoms with van der Waals surface area (Å²) in [6.07, 6.45) is 0.271. The van der Waals surface area contributed by atoms with E-state index in [-0.39, 0.29) is 18.5 Å². The summed E-state index contributed by atoms with van der Waals surface area (Å²) < 4.78 is 25.4. The zero-order valence-corrected chi connectivity index (χ0v) is 6.35. The summed E-state index contributed by atoms with van der Waals surface area (Å²) in [4.78, 5) is 3.06. The molecule has 0 N–H and O–H groups in total. The Hall–Kier alpha value is -1.43. The van der Waals surface area contributed by atoms with Crippen molar-refractivity contribution < 1.29 is 8.78 Å². The van der Waals surface area contributed by atoms with E-state index in [0.29, 0.717) is 0 Å². The summed E-state index contributed by atoms with van der Waals surface area (Å²) in [6.45, 7) is 6.68. The van der Waals surface area contributed by atoms with Gasteiger partial charge in [0.2, 0.25) is 6.54 Å². The number of rotatable bonds is 2. The third kappa shape index (κ3) is 1.79. The molecular weight excluding hydrogens is 160 g/mol. The molecule has 1 aromatic rings. The molecule has 62 valence electrons. The number of nitrogens with zero attached hydrogens (tertiary/aromatic N) is 1. The average molecular weight is 167 g/mol. The second-order valence-corrected chi connectivity index (χ2v) is 2.34. The molecule has 0 aliphatic carbocycles. The highest BCUT2D eigenvalue weighted by molar-refractivity contribution is 5.19. The van der Waals surface area contributed by atoms with E-state index in [4.69, 9.17) is 6.57 Å². The molecule has 0 aliphatic rings. The zero-order chi connectivity index (χ0) is 8.97. The van der Waals surface area contributed by atoms with Gasteiger partial charge in [0.15, 0.2) is 11.6 Å². The van der Waals surface area contributed by atoms with Crippen molar-refractivity contribution in [3.8, 4) is 0 Å². The molecule has 0 saturated carbocycles. The van der Waals surface area contributed by atoms with Gasteiger partial charge in [0.1, 0.15) is 0 Å². The standard InChI is InChI=1S/C9H7F2N/c1-12-6-5-7-3-2-4-8(10)9(7)11/h2-4H,5-6H2. The molecule has 0 bridgehead atoms. The molecule has 0 unspecified atom stereocenters. The summed E-state index contributed by atoms with van der Waals surface area (Å²) in [5.74, 6) is -1.68. The molecule has 0 atom stereocenters. The molecule has 0 fully saturated rings. The normalized spacial score (nSPS) is 9.42. The average Bonchev–Trinajstić information content (AvgIpc) is 2.08. The molecule has 0 heterocycles. The maximum Gasteiger partial charge on any atom is 0.218 e. The SMILES string of the molecule is [C-]#[N+]CCc1cccc(F)c1F. The first-order valence-electron chi connectivity index (χ1n) is 3.52. The predicted molar refractivity (Wildman–Crippen MR) is 41.5 cm³/mol. The van der Waals surface area contributed by atoms with Crippen molar-refractivity contribution in [2.75, 3.05) is 6.54 Å². The maximum absolute atomic E-state index is 12.8. The van der Waals surface area contributed by atoms with E-state index in [0.717, 1.165) is 6.07 Å². The molecule has 0 aliphatic heterocycles. The monoisotopic (exact) mass is 167 g/mol. The van der Waals surface area contributed by atoms with Gasteiger partial charge in [-0.05, 0) is 11.6 Å². The Labute approximate surface area is 69.5 Å². The third-order valence-corrected chi connectivity index (χ3v) is 1.52. The highest BCUT2D eigenvalue weighted by atomic mass is 19.2. The number of benzene rings is 1. The lowest BCUT2D eigenvalue weighted by molar-refractivity contribution is 0.499. The first kappa shape index (κ1) is 8.66.